The predicted octanol–water partition coefficient (Wildman–Crippen LogP) is 5.39. The van der Waals surface area contributed by atoms with E-state index in [0.717, 1.165) is 12.8 Å². The fraction of sp³-hybridized carbons (Fsp3) is 0.952. The van der Waals surface area contributed by atoms with Crippen molar-refractivity contribution < 1.29 is 28.0 Å². The molecule has 29 heavy (non-hydrogen) atoms. The third-order valence-electron chi connectivity index (χ3n) is 4.77. The first kappa shape index (κ1) is 26.6. The Balaban J connectivity index is 3.32. The zero-order chi connectivity index (χ0) is 22.5. The lowest BCUT2D eigenvalue weighted by molar-refractivity contribution is -0.271. The van der Waals surface area contributed by atoms with Crippen LogP contribution < -0.4 is 0 Å². The van der Waals surface area contributed by atoms with E-state index in [9.17, 15) is 9.36 Å². The third-order valence-corrected chi connectivity index (χ3v) is 7.59. The molecule has 1 aliphatic heterocycles. The van der Waals surface area contributed by atoms with Crippen molar-refractivity contribution in [3.63, 3.8) is 0 Å². The summed E-state index contributed by atoms with van der Waals surface area (Å²) >= 11 is 0. The van der Waals surface area contributed by atoms with Crippen molar-refractivity contribution in [2.45, 2.75) is 99.0 Å². The summed E-state index contributed by atoms with van der Waals surface area (Å²) in [5, 5.41) is 1.81. The van der Waals surface area contributed by atoms with Crippen LogP contribution in [-0.2, 0) is 28.0 Å². The number of hydroxylamine groups is 2. The van der Waals surface area contributed by atoms with E-state index in [4.69, 9.17) is 18.6 Å². The van der Waals surface area contributed by atoms with Gasteiger partial charge in [-0.3, -0.25) is 14.2 Å². The SMILES string of the molecule is CCOP(=O)(OCC)C(N(OC1CCCOC(=O)C(C)C1)C(C)(C)C)C(C)(C)C. The number of esters is 1. The van der Waals surface area contributed by atoms with Crippen molar-refractivity contribution >= 4 is 13.6 Å². The summed E-state index contributed by atoms with van der Waals surface area (Å²) in [7, 11) is -3.51. The standard InChI is InChI=1S/C21H42NO6P/c1-10-26-29(24,27-11-2)19(20(4,5)6)22(21(7,8)9)28-17-13-12-14-25-18(23)16(3)15-17/h16-17,19H,10-15H2,1-9H3. The van der Waals surface area contributed by atoms with Crippen LogP contribution in [0.2, 0.25) is 0 Å². The molecule has 0 aromatic heterocycles. The second-order valence-corrected chi connectivity index (χ2v) is 11.9. The van der Waals surface area contributed by atoms with Gasteiger partial charge in [0.05, 0.1) is 31.8 Å². The molecule has 0 spiro atoms. The number of nitrogens with zero attached hydrogens (tertiary/aromatic N) is 1. The predicted molar refractivity (Wildman–Crippen MR) is 115 cm³/mol. The molecule has 1 fully saturated rings. The van der Waals surface area contributed by atoms with Crippen molar-refractivity contribution in [1.29, 1.82) is 0 Å². The summed E-state index contributed by atoms with van der Waals surface area (Å²) in [5.41, 5.74) is -0.909. The van der Waals surface area contributed by atoms with Crippen LogP contribution in [0.15, 0.2) is 0 Å². The molecule has 0 aliphatic carbocycles. The van der Waals surface area contributed by atoms with Crippen molar-refractivity contribution in [2.75, 3.05) is 19.8 Å². The molecule has 0 bridgehead atoms. The van der Waals surface area contributed by atoms with Gasteiger partial charge in [-0.15, -0.1) is 0 Å². The number of carbonyl (C=O) groups excluding carboxylic acids is 1. The Bertz CT molecular complexity index is 558. The summed E-state index contributed by atoms with van der Waals surface area (Å²) in [4.78, 5) is 18.6. The molecule has 3 unspecified atom stereocenters. The quantitative estimate of drug-likeness (QED) is 0.287. The van der Waals surface area contributed by atoms with Gasteiger partial charge in [0.15, 0.2) is 0 Å². The van der Waals surface area contributed by atoms with E-state index in [1.807, 2.05) is 67.4 Å². The van der Waals surface area contributed by atoms with E-state index in [1.54, 1.807) is 0 Å². The summed E-state index contributed by atoms with van der Waals surface area (Å²) in [6.45, 7) is 18.6. The van der Waals surface area contributed by atoms with Gasteiger partial charge in [-0.05, 0) is 59.3 Å². The maximum Gasteiger partial charge on any atom is 0.350 e. The molecular formula is C21H42NO6P. The van der Waals surface area contributed by atoms with Crippen LogP contribution in [0.3, 0.4) is 0 Å². The molecule has 3 atom stereocenters. The molecule has 1 rings (SSSR count). The monoisotopic (exact) mass is 435 g/mol. The minimum atomic E-state index is -3.51. The van der Waals surface area contributed by atoms with Crippen LogP contribution in [0.4, 0.5) is 0 Å². The second-order valence-electron chi connectivity index (χ2n) is 9.79. The number of hydrogen-bond donors (Lipinski definition) is 0. The number of ether oxygens (including phenoxy) is 1. The minimum absolute atomic E-state index is 0.182. The number of rotatable bonds is 8. The molecule has 172 valence electrons. The van der Waals surface area contributed by atoms with E-state index in [0.29, 0.717) is 13.0 Å². The number of carbonyl (C=O) groups is 1. The summed E-state index contributed by atoms with van der Waals surface area (Å²) in [6, 6.07) is 0. The van der Waals surface area contributed by atoms with Crippen molar-refractivity contribution in [1.82, 2.24) is 5.06 Å². The van der Waals surface area contributed by atoms with Crippen molar-refractivity contribution in [2.24, 2.45) is 11.3 Å². The van der Waals surface area contributed by atoms with Crippen molar-refractivity contribution in [3.05, 3.63) is 0 Å². The summed E-state index contributed by atoms with van der Waals surface area (Å²) < 4.78 is 30.6. The summed E-state index contributed by atoms with van der Waals surface area (Å²) in [6.07, 6.45) is 1.86. The molecule has 1 saturated heterocycles. The number of hydrogen-bond acceptors (Lipinski definition) is 7. The van der Waals surface area contributed by atoms with Crippen molar-refractivity contribution in [3.8, 4) is 0 Å². The lowest BCUT2D eigenvalue weighted by Gasteiger charge is -2.48. The minimum Gasteiger partial charge on any atom is -0.465 e. The Labute approximate surface area is 177 Å². The molecule has 1 heterocycles. The highest BCUT2D eigenvalue weighted by atomic mass is 31.2. The molecule has 1 aliphatic rings. The zero-order valence-corrected chi connectivity index (χ0v) is 20.7. The normalized spacial score (nSPS) is 23.4. The highest BCUT2D eigenvalue weighted by Gasteiger charge is 2.51. The van der Waals surface area contributed by atoms with Crippen LogP contribution >= 0.6 is 7.60 Å². The van der Waals surface area contributed by atoms with Crippen LogP contribution in [0.25, 0.3) is 0 Å². The van der Waals surface area contributed by atoms with Crippen LogP contribution in [-0.4, -0.2) is 48.3 Å². The fourth-order valence-corrected chi connectivity index (χ4v) is 6.25. The highest BCUT2D eigenvalue weighted by Crippen LogP contribution is 2.61. The lowest BCUT2D eigenvalue weighted by atomic mass is 9.94. The van der Waals surface area contributed by atoms with E-state index in [1.165, 1.54) is 0 Å². The molecule has 0 aromatic rings. The van der Waals surface area contributed by atoms with Gasteiger partial charge in [0.1, 0.15) is 5.78 Å². The van der Waals surface area contributed by atoms with Gasteiger partial charge in [-0.2, -0.15) is 5.06 Å². The van der Waals surface area contributed by atoms with E-state index in [-0.39, 0.29) is 31.2 Å². The Morgan fingerprint density at radius 3 is 2.14 bits per heavy atom. The molecule has 8 heteroatoms. The molecule has 0 amide bonds. The Hall–Kier alpha value is -0.460. The average Bonchev–Trinajstić information content (AvgIpc) is 2.54. The largest absolute Gasteiger partial charge is 0.465 e. The summed E-state index contributed by atoms with van der Waals surface area (Å²) in [5.74, 6) is -1.05. The van der Waals surface area contributed by atoms with E-state index in [2.05, 4.69) is 0 Å². The fourth-order valence-electron chi connectivity index (χ4n) is 3.57. The first-order valence-electron chi connectivity index (χ1n) is 10.8. The Kier molecular flexibility index (Phi) is 9.82. The average molecular weight is 436 g/mol. The maximum absolute atomic E-state index is 13.9. The lowest BCUT2D eigenvalue weighted by Crippen LogP contribution is -2.55. The molecule has 7 nitrogen and oxygen atoms in total. The first-order chi connectivity index (χ1) is 13.3. The highest BCUT2D eigenvalue weighted by molar-refractivity contribution is 7.54. The van der Waals surface area contributed by atoms with Crippen LogP contribution in [0, 0.1) is 11.3 Å². The third kappa shape index (κ3) is 7.62. The maximum atomic E-state index is 13.9. The molecule has 0 saturated carbocycles. The van der Waals surface area contributed by atoms with Gasteiger partial charge < -0.3 is 13.8 Å². The van der Waals surface area contributed by atoms with Gasteiger partial charge in [0, 0.05) is 5.54 Å². The Morgan fingerprint density at radius 2 is 1.69 bits per heavy atom. The van der Waals surface area contributed by atoms with E-state index < -0.39 is 24.3 Å². The van der Waals surface area contributed by atoms with Gasteiger partial charge >= 0.3 is 13.6 Å². The van der Waals surface area contributed by atoms with Crippen LogP contribution in [0.1, 0.15) is 81.6 Å². The molecule has 0 aromatic carbocycles. The molecular weight excluding hydrogens is 393 g/mol. The van der Waals surface area contributed by atoms with Gasteiger partial charge in [-0.1, -0.05) is 27.7 Å². The molecule has 0 radical (unpaired) electrons. The van der Waals surface area contributed by atoms with Crippen LogP contribution in [0.5, 0.6) is 0 Å². The van der Waals surface area contributed by atoms with E-state index >= 15 is 0 Å². The number of cyclic esters (lactones) is 1. The Morgan fingerprint density at radius 1 is 1.14 bits per heavy atom. The van der Waals surface area contributed by atoms with Gasteiger partial charge in [0.2, 0.25) is 0 Å². The smallest absolute Gasteiger partial charge is 0.350 e. The van der Waals surface area contributed by atoms with Gasteiger partial charge in [-0.25, -0.2) is 0 Å². The first-order valence-corrected chi connectivity index (χ1v) is 12.4. The second kappa shape index (κ2) is 10.7. The zero-order valence-electron chi connectivity index (χ0n) is 19.8. The molecule has 0 N–H and O–H groups in total. The topological polar surface area (TPSA) is 74.3 Å². The van der Waals surface area contributed by atoms with Gasteiger partial charge in [0.25, 0.3) is 0 Å².